The molecule has 116 valence electrons. The van der Waals surface area contributed by atoms with Crippen molar-refractivity contribution in [2.75, 3.05) is 23.4 Å². The highest BCUT2D eigenvalue weighted by molar-refractivity contribution is 7.16. The summed E-state index contributed by atoms with van der Waals surface area (Å²) in [6.45, 7) is 1.71. The molecule has 1 fully saturated rings. The molecule has 1 N–H and O–H groups in total. The zero-order valence-corrected chi connectivity index (χ0v) is 13.0. The van der Waals surface area contributed by atoms with Crippen LogP contribution in [0.1, 0.15) is 5.56 Å². The molecule has 0 spiro atoms. The van der Waals surface area contributed by atoms with E-state index in [9.17, 15) is 4.79 Å². The van der Waals surface area contributed by atoms with Gasteiger partial charge < -0.3 is 10.1 Å². The Hall–Kier alpha value is -2.67. The maximum atomic E-state index is 11.5. The molecular formula is C16H14N4O2S. The number of anilines is 2. The van der Waals surface area contributed by atoms with Crippen LogP contribution in [0.15, 0.2) is 42.0 Å². The number of cyclic esters (lactones) is 1. The van der Waals surface area contributed by atoms with Gasteiger partial charge in [-0.1, -0.05) is 12.1 Å². The molecule has 1 aliphatic heterocycles. The third kappa shape index (κ3) is 2.70. The summed E-state index contributed by atoms with van der Waals surface area (Å²) < 4.78 is 4.95. The van der Waals surface area contributed by atoms with Gasteiger partial charge in [-0.2, -0.15) is 0 Å². The number of thiophene rings is 1. The monoisotopic (exact) mass is 326 g/mol. The van der Waals surface area contributed by atoms with Crippen molar-refractivity contribution in [3.05, 3.63) is 47.6 Å². The van der Waals surface area contributed by atoms with E-state index < -0.39 is 0 Å². The number of fused-ring (bicyclic) bond motifs is 1. The Morgan fingerprint density at radius 1 is 1.22 bits per heavy atom. The lowest BCUT2D eigenvalue weighted by Gasteiger charge is -2.13. The second-order valence-electron chi connectivity index (χ2n) is 5.15. The van der Waals surface area contributed by atoms with Gasteiger partial charge in [-0.15, -0.1) is 11.3 Å². The van der Waals surface area contributed by atoms with Crippen LogP contribution in [0.2, 0.25) is 0 Å². The molecule has 1 aliphatic rings. The highest BCUT2D eigenvalue weighted by Crippen LogP contribution is 2.24. The fourth-order valence-corrected chi connectivity index (χ4v) is 3.27. The van der Waals surface area contributed by atoms with Gasteiger partial charge in [0.2, 0.25) is 0 Å². The summed E-state index contributed by atoms with van der Waals surface area (Å²) in [4.78, 5) is 22.7. The molecule has 1 aromatic carbocycles. The van der Waals surface area contributed by atoms with Gasteiger partial charge in [-0.25, -0.2) is 14.8 Å². The molecule has 1 amide bonds. The number of nitrogens with one attached hydrogen (secondary N) is 1. The van der Waals surface area contributed by atoms with Crippen LogP contribution in [0, 0.1) is 0 Å². The van der Waals surface area contributed by atoms with Crippen molar-refractivity contribution in [2.24, 2.45) is 0 Å². The molecule has 4 rings (SSSR count). The van der Waals surface area contributed by atoms with Crippen LogP contribution in [0.5, 0.6) is 0 Å². The Balaban J connectivity index is 1.47. The number of rotatable bonds is 4. The molecule has 2 aromatic heterocycles. The first kappa shape index (κ1) is 14.0. The van der Waals surface area contributed by atoms with Crippen molar-refractivity contribution in [3.63, 3.8) is 0 Å². The van der Waals surface area contributed by atoms with Gasteiger partial charge in [0.25, 0.3) is 0 Å². The number of hydrogen-bond donors (Lipinski definition) is 1. The van der Waals surface area contributed by atoms with Gasteiger partial charge >= 0.3 is 6.09 Å². The maximum absolute atomic E-state index is 11.5. The highest BCUT2D eigenvalue weighted by atomic mass is 32.1. The minimum atomic E-state index is -0.281. The smallest absolute Gasteiger partial charge is 0.414 e. The molecule has 23 heavy (non-hydrogen) atoms. The Kier molecular flexibility index (Phi) is 3.55. The highest BCUT2D eigenvalue weighted by Gasteiger charge is 2.23. The number of benzene rings is 1. The van der Waals surface area contributed by atoms with Gasteiger partial charge in [0.15, 0.2) is 0 Å². The zero-order valence-electron chi connectivity index (χ0n) is 12.2. The summed E-state index contributed by atoms with van der Waals surface area (Å²) >= 11 is 1.60. The Morgan fingerprint density at radius 3 is 2.87 bits per heavy atom. The zero-order chi connectivity index (χ0) is 15.6. The molecule has 1 saturated heterocycles. The number of aromatic nitrogens is 2. The Bertz CT molecular complexity index is 847. The minimum Gasteiger partial charge on any atom is -0.447 e. The molecular weight excluding hydrogens is 312 g/mol. The number of hydrogen-bond acceptors (Lipinski definition) is 6. The molecule has 0 unspecified atom stereocenters. The van der Waals surface area contributed by atoms with E-state index in [2.05, 4.69) is 15.3 Å². The largest absolute Gasteiger partial charge is 0.447 e. The van der Waals surface area contributed by atoms with E-state index in [0.29, 0.717) is 19.7 Å². The average Bonchev–Trinajstić information content (AvgIpc) is 3.22. The number of nitrogens with zero attached hydrogens (tertiary/aromatic N) is 3. The quantitative estimate of drug-likeness (QED) is 0.797. The first-order valence-corrected chi connectivity index (χ1v) is 8.14. The van der Waals surface area contributed by atoms with E-state index in [-0.39, 0.29) is 6.09 Å². The van der Waals surface area contributed by atoms with E-state index in [1.165, 1.54) is 0 Å². The van der Waals surface area contributed by atoms with Crippen molar-refractivity contribution >= 4 is 39.2 Å². The minimum absolute atomic E-state index is 0.281. The number of amides is 1. The summed E-state index contributed by atoms with van der Waals surface area (Å²) in [5, 5.41) is 6.38. The summed E-state index contributed by atoms with van der Waals surface area (Å²) in [7, 11) is 0. The van der Waals surface area contributed by atoms with Crippen molar-refractivity contribution in [3.8, 4) is 0 Å². The van der Waals surface area contributed by atoms with E-state index in [4.69, 9.17) is 4.74 Å². The summed E-state index contributed by atoms with van der Waals surface area (Å²) in [5.74, 6) is 0.837. The Morgan fingerprint density at radius 2 is 2.09 bits per heavy atom. The first-order chi connectivity index (χ1) is 11.3. The molecule has 7 heteroatoms. The molecule has 0 radical (unpaired) electrons. The molecule has 0 bridgehead atoms. The van der Waals surface area contributed by atoms with E-state index >= 15 is 0 Å². The fraction of sp³-hybridized carbons (Fsp3) is 0.188. The average molecular weight is 326 g/mol. The number of carbonyl (C=O) groups is 1. The SMILES string of the molecule is O=C1OCCN1c1ccc(CNc2ncnc3sccc23)cc1. The lowest BCUT2D eigenvalue weighted by molar-refractivity contribution is 0.181. The van der Waals surface area contributed by atoms with Crippen LogP contribution in [0.3, 0.4) is 0 Å². The van der Waals surface area contributed by atoms with E-state index in [0.717, 1.165) is 27.3 Å². The maximum Gasteiger partial charge on any atom is 0.414 e. The lowest BCUT2D eigenvalue weighted by atomic mass is 10.2. The topological polar surface area (TPSA) is 67.3 Å². The summed E-state index contributed by atoms with van der Waals surface area (Å²) in [6, 6.07) is 9.89. The summed E-state index contributed by atoms with van der Waals surface area (Å²) in [6.07, 6.45) is 1.29. The molecule has 3 aromatic rings. The van der Waals surface area contributed by atoms with Gasteiger partial charge in [0.1, 0.15) is 23.6 Å². The first-order valence-electron chi connectivity index (χ1n) is 7.26. The predicted molar refractivity (Wildman–Crippen MR) is 89.9 cm³/mol. The van der Waals surface area contributed by atoms with Gasteiger partial charge in [0.05, 0.1) is 11.9 Å². The third-order valence-electron chi connectivity index (χ3n) is 3.73. The normalized spacial score (nSPS) is 14.3. The van der Waals surface area contributed by atoms with Crippen molar-refractivity contribution in [2.45, 2.75) is 6.54 Å². The standard InChI is InChI=1S/C16H14N4O2S/c21-16-20(6-7-22-16)12-3-1-11(2-4-12)9-17-14-13-5-8-23-15(13)19-10-18-14/h1-5,8,10H,6-7,9H2,(H,17,18,19). The number of carbonyl (C=O) groups excluding carboxylic acids is 1. The molecule has 0 aliphatic carbocycles. The van der Waals surface area contributed by atoms with Gasteiger partial charge in [0, 0.05) is 12.2 Å². The third-order valence-corrected chi connectivity index (χ3v) is 4.55. The Labute approximate surface area is 136 Å². The van der Waals surface area contributed by atoms with Crippen molar-refractivity contribution in [1.29, 1.82) is 0 Å². The van der Waals surface area contributed by atoms with Crippen LogP contribution < -0.4 is 10.2 Å². The van der Waals surface area contributed by atoms with Crippen molar-refractivity contribution < 1.29 is 9.53 Å². The molecule has 6 nitrogen and oxygen atoms in total. The van der Waals surface area contributed by atoms with Crippen LogP contribution in [-0.2, 0) is 11.3 Å². The van der Waals surface area contributed by atoms with Gasteiger partial charge in [-0.05, 0) is 29.1 Å². The van der Waals surface area contributed by atoms with Crippen LogP contribution in [0.25, 0.3) is 10.2 Å². The molecule has 0 atom stereocenters. The fourth-order valence-electron chi connectivity index (χ4n) is 2.54. The lowest BCUT2D eigenvalue weighted by Crippen LogP contribution is -2.23. The van der Waals surface area contributed by atoms with Gasteiger partial charge in [-0.3, -0.25) is 4.90 Å². The second kappa shape index (κ2) is 5.85. The summed E-state index contributed by atoms with van der Waals surface area (Å²) in [5.41, 5.74) is 1.97. The van der Waals surface area contributed by atoms with Crippen LogP contribution in [0.4, 0.5) is 16.3 Å². The van der Waals surface area contributed by atoms with Crippen LogP contribution >= 0.6 is 11.3 Å². The molecule has 0 saturated carbocycles. The predicted octanol–water partition coefficient (Wildman–Crippen LogP) is 3.26. The number of ether oxygens (including phenoxy) is 1. The molecule has 3 heterocycles. The van der Waals surface area contributed by atoms with E-state index in [1.54, 1.807) is 22.6 Å². The van der Waals surface area contributed by atoms with Crippen LogP contribution in [-0.4, -0.2) is 29.2 Å². The van der Waals surface area contributed by atoms with E-state index in [1.807, 2.05) is 35.7 Å². The second-order valence-corrected chi connectivity index (χ2v) is 6.04. The van der Waals surface area contributed by atoms with Crippen molar-refractivity contribution in [1.82, 2.24) is 9.97 Å².